The van der Waals surface area contributed by atoms with Gasteiger partial charge in [0.15, 0.2) is 0 Å². The number of esters is 1. The monoisotopic (exact) mass is 280 g/mol. The zero-order valence-corrected chi connectivity index (χ0v) is 12.7. The van der Waals surface area contributed by atoms with Crippen LogP contribution >= 0.6 is 0 Å². The summed E-state index contributed by atoms with van der Waals surface area (Å²) < 4.78 is 5.43. The highest BCUT2D eigenvalue weighted by molar-refractivity contribution is 5.88. The highest BCUT2D eigenvalue weighted by atomic mass is 16.5. The average molecular weight is 280 g/mol. The molecule has 0 atom stereocenters. The number of para-hydroxylation sites is 1. The summed E-state index contributed by atoms with van der Waals surface area (Å²) in [7, 11) is 0. The van der Waals surface area contributed by atoms with Gasteiger partial charge in [-0.3, -0.25) is 0 Å². The van der Waals surface area contributed by atoms with Crippen LogP contribution in [0, 0.1) is 6.92 Å². The Bertz CT molecular complexity index is 637. The molecule has 2 aromatic rings. The molecule has 0 N–H and O–H groups in total. The minimum atomic E-state index is -0.358. The van der Waals surface area contributed by atoms with Crippen molar-refractivity contribution < 1.29 is 9.53 Å². The van der Waals surface area contributed by atoms with Gasteiger partial charge in [0, 0.05) is 6.08 Å². The Hall–Kier alpha value is -2.35. The Morgan fingerprint density at radius 3 is 2.38 bits per heavy atom. The van der Waals surface area contributed by atoms with Gasteiger partial charge < -0.3 is 4.74 Å². The predicted molar refractivity (Wildman–Crippen MR) is 86.4 cm³/mol. The maximum Gasteiger partial charge on any atom is 0.336 e. The highest BCUT2D eigenvalue weighted by Crippen LogP contribution is 2.26. The molecule has 0 saturated heterocycles. The van der Waals surface area contributed by atoms with Crippen LogP contribution in [0.3, 0.4) is 0 Å². The van der Waals surface area contributed by atoms with Crippen molar-refractivity contribution in [2.45, 2.75) is 26.7 Å². The fourth-order valence-corrected chi connectivity index (χ4v) is 2.03. The van der Waals surface area contributed by atoms with E-state index in [1.165, 1.54) is 11.6 Å². The fourth-order valence-electron chi connectivity index (χ4n) is 2.03. The third kappa shape index (κ3) is 4.32. The van der Waals surface area contributed by atoms with Crippen molar-refractivity contribution >= 4 is 12.0 Å². The van der Waals surface area contributed by atoms with Crippen LogP contribution in [0.5, 0.6) is 5.75 Å². The van der Waals surface area contributed by atoms with E-state index in [0.717, 1.165) is 11.1 Å². The summed E-state index contributed by atoms with van der Waals surface area (Å²) >= 11 is 0. The van der Waals surface area contributed by atoms with Crippen LogP contribution in [-0.4, -0.2) is 5.97 Å². The number of aryl methyl sites for hydroxylation is 1. The molecule has 0 aliphatic carbocycles. The molecule has 0 aliphatic heterocycles. The lowest BCUT2D eigenvalue weighted by Gasteiger charge is -2.11. The van der Waals surface area contributed by atoms with Crippen LogP contribution in [0.2, 0.25) is 0 Å². The normalized spacial score (nSPS) is 11.0. The van der Waals surface area contributed by atoms with Gasteiger partial charge in [0.2, 0.25) is 0 Å². The van der Waals surface area contributed by atoms with Crippen LogP contribution in [-0.2, 0) is 4.79 Å². The Balaban J connectivity index is 2.07. The molecule has 0 saturated carbocycles. The molecule has 21 heavy (non-hydrogen) atoms. The molecular formula is C19H20O2. The van der Waals surface area contributed by atoms with Crippen molar-refractivity contribution in [3.8, 4) is 5.75 Å². The number of carbonyl (C=O) groups excluding carboxylic acids is 1. The number of benzene rings is 2. The van der Waals surface area contributed by atoms with E-state index in [-0.39, 0.29) is 5.97 Å². The summed E-state index contributed by atoms with van der Waals surface area (Å²) in [6.07, 6.45) is 3.22. The fraction of sp³-hybridized carbons (Fsp3) is 0.211. The van der Waals surface area contributed by atoms with Gasteiger partial charge in [0.25, 0.3) is 0 Å². The van der Waals surface area contributed by atoms with Gasteiger partial charge in [0.1, 0.15) is 5.75 Å². The lowest BCUT2D eigenvalue weighted by Crippen LogP contribution is -2.06. The van der Waals surface area contributed by atoms with Crippen molar-refractivity contribution in [3.05, 3.63) is 71.3 Å². The summed E-state index contributed by atoms with van der Waals surface area (Å²) in [6, 6.07) is 15.6. The summed E-state index contributed by atoms with van der Waals surface area (Å²) in [5, 5.41) is 0. The Morgan fingerprint density at radius 2 is 1.71 bits per heavy atom. The predicted octanol–water partition coefficient (Wildman–Crippen LogP) is 4.74. The van der Waals surface area contributed by atoms with Crippen LogP contribution in [0.4, 0.5) is 0 Å². The molecule has 0 amide bonds. The van der Waals surface area contributed by atoms with Crippen molar-refractivity contribution in [1.29, 1.82) is 0 Å². The third-order valence-corrected chi connectivity index (χ3v) is 3.24. The van der Waals surface area contributed by atoms with Crippen molar-refractivity contribution in [3.63, 3.8) is 0 Å². The quantitative estimate of drug-likeness (QED) is 0.459. The molecular weight excluding hydrogens is 260 g/mol. The van der Waals surface area contributed by atoms with Gasteiger partial charge in [-0.2, -0.15) is 0 Å². The van der Waals surface area contributed by atoms with E-state index in [4.69, 9.17) is 4.74 Å². The van der Waals surface area contributed by atoms with Crippen molar-refractivity contribution in [2.24, 2.45) is 0 Å². The van der Waals surface area contributed by atoms with Gasteiger partial charge in [0.05, 0.1) is 0 Å². The molecule has 2 nitrogen and oxygen atoms in total. The van der Waals surface area contributed by atoms with E-state index in [0.29, 0.717) is 11.7 Å². The van der Waals surface area contributed by atoms with Crippen LogP contribution in [0.15, 0.2) is 54.6 Å². The average Bonchev–Trinajstić information content (AvgIpc) is 2.47. The first-order valence-corrected chi connectivity index (χ1v) is 7.12. The first kappa shape index (κ1) is 15.0. The number of hydrogen-bond acceptors (Lipinski definition) is 2. The largest absolute Gasteiger partial charge is 0.423 e. The summed E-state index contributed by atoms with van der Waals surface area (Å²) in [6.45, 7) is 6.19. The molecule has 2 aromatic carbocycles. The summed E-state index contributed by atoms with van der Waals surface area (Å²) in [5.41, 5.74) is 3.21. The Kier molecular flexibility index (Phi) is 4.94. The standard InChI is InChI=1S/C19H20O2/c1-14(2)17-6-4-5-7-18(17)21-19(20)13-12-16-10-8-15(3)9-11-16/h4-14H,1-3H3. The van der Waals surface area contributed by atoms with Gasteiger partial charge in [-0.15, -0.1) is 0 Å². The van der Waals surface area contributed by atoms with Gasteiger partial charge in [-0.25, -0.2) is 4.79 Å². The van der Waals surface area contributed by atoms with Crippen molar-refractivity contribution in [2.75, 3.05) is 0 Å². The summed E-state index contributed by atoms with van der Waals surface area (Å²) in [5.74, 6) is 0.588. The van der Waals surface area contributed by atoms with Gasteiger partial charge in [-0.1, -0.05) is 61.9 Å². The molecule has 0 heterocycles. The zero-order chi connectivity index (χ0) is 15.2. The minimum Gasteiger partial charge on any atom is -0.423 e. The van der Waals surface area contributed by atoms with Crippen molar-refractivity contribution in [1.82, 2.24) is 0 Å². The number of ether oxygens (including phenoxy) is 1. The van der Waals surface area contributed by atoms with Crippen LogP contribution < -0.4 is 4.74 Å². The first-order valence-electron chi connectivity index (χ1n) is 7.12. The molecule has 0 spiro atoms. The second kappa shape index (κ2) is 6.89. The SMILES string of the molecule is Cc1ccc(C=CC(=O)Oc2ccccc2C(C)C)cc1. The molecule has 2 heteroatoms. The minimum absolute atomic E-state index is 0.315. The van der Waals surface area contributed by atoms with E-state index < -0.39 is 0 Å². The van der Waals surface area contributed by atoms with E-state index in [1.54, 1.807) is 6.08 Å². The van der Waals surface area contributed by atoms with Crippen LogP contribution in [0.1, 0.15) is 36.5 Å². The van der Waals surface area contributed by atoms with E-state index >= 15 is 0 Å². The van der Waals surface area contributed by atoms with E-state index in [1.807, 2.05) is 55.5 Å². The second-order valence-corrected chi connectivity index (χ2v) is 5.36. The molecule has 0 unspecified atom stereocenters. The second-order valence-electron chi connectivity index (χ2n) is 5.36. The van der Waals surface area contributed by atoms with Gasteiger partial charge >= 0.3 is 5.97 Å². The van der Waals surface area contributed by atoms with Crippen LogP contribution in [0.25, 0.3) is 6.08 Å². The zero-order valence-electron chi connectivity index (χ0n) is 12.7. The summed E-state index contributed by atoms with van der Waals surface area (Å²) in [4.78, 5) is 11.9. The molecule has 0 aliphatic rings. The number of rotatable bonds is 4. The number of carbonyl (C=O) groups is 1. The first-order chi connectivity index (χ1) is 10.1. The lowest BCUT2D eigenvalue weighted by molar-refractivity contribution is -0.128. The Labute approximate surface area is 126 Å². The molecule has 0 radical (unpaired) electrons. The highest BCUT2D eigenvalue weighted by Gasteiger charge is 2.09. The molecule has 108 valence electrons. The maximum atomic E-state index is 11.9. The maximum absolute atomic E-state index is 11.9. The lowest BCUT2D eigenvalue weighted by atomic mass is 10.0. The smallest absolute Gasteiger partial charge is 0.336 e. The molecule has 2 rings (SSSR count). The third-order valence-electron chi connectivity index (χ3n) is 3.24. The van der Waals surface area contributed by atoms with E-state index in [2.05, 4.69) is 13.8 Å². The van der Waals surface area contributed by atoms with Gasteiger partial charge in [-0.05, 0) is 36.1 Å². The molecule has 0 aromatic heterocycles. The van der Waals surface area contributed by atoms with E-state index in [9.17, 15) is 4.79 Å². The topological polar surface area (TPSA) is 26.3 Å². The molecule has 0 fully saturated rings. The number of hydrogen-bond donors (Lipinski definition) is 0. The molecule has 0 bridgehead atoms. The Morgan fingerprint density at radius 1 is 1.05 bits per heavy atom.